The summed E-state index contributed by atoms with van der Waals surface area (Å²) in [6, 6.07) is 8.07. The third kappa shape index (κ3) is 2.44. The second-order valence-corrected chi connectivity index (χ2v) is 6.34. The predicted molar refractivity (Wildman–Crippen MR) is 83.4 cm³/mol. The van der Waals surface area contributed by atoms with E-state index < -0.39 is 0 Å². The van der Waals surface area contributed by atoms with Crippen molar-refractivity contribution in [2.45, 2.75) is 25.0 Å². The fourth-order valence-corrected chi connectivity index (χ4v) is 3.67. The van der Waals surface area contributed by atoms with Crippen molar-refractivity contribution in [3.63, 3.8) is 0 Å². The number of nitrogens with zero attached hydrogens (tertiary/aromatic N) is 4. The maximum atomic E-state index is 14.1. The Hall–Kier alpha value is -1.72. The molecule has 2 aromatic rings. The van der Waals surface area contributed by atoms with Crippen molar-refractivity contribution in [3.8, 4) is 0 Å². The fourth-order valence-electron chi connectivity index (χ4n) is 3.52. The number of aromatic nitrogens is 2. The van der Waals surface area contributed by atoms with Crippen molar-refractivity contribution < 1.29 is 4.39 Å². The summed E-state index contributed by atoms with van der Waals surface area (Å²) >= 11 is 5.78. The number of anilines is 1. The highest BCUT2D eigenvalue weighted by Crippen LogP contribution is 2.35. The van der Waals surface area contributed by atoms with E-state index in [9.17, 15) is 4.39 Å². The lowest BCUT2D eigenvalue weighted by Crippen LogP contribution is -2.46. The average molecular weight is 319 g/mol. The van der Waals surface area contributed by atoms with E-state index in [1.165, 1.54) is 12.3 Å². The molecule has 2 unspecified atom stereocenters. The molecule has 2 bridgehead atoms. The first-order valence-corrected chi connectivity index (χ1v) is 7.80. The monoisotopic (exact) mass is 318 g/mol. The van der Waals surface area contributed by atoms with Crippen LogP contribution in [0.1, 0.15) is 12.1 Å². The Morgan fingerprint density at radius 1 is 1.23 bits per heavy atom. The largest absolute Gasteiger partial charge is 0.348 e. The van der Waals surface area contributed by atoms with Crippen LogP contribution in [0.3, 0.4) is 0 Å². The van der Waals surface area contributed by atoms with E-state index in [0.717, 1.165) is 31.7 Å². The summed E-state index contributed by atoms with van der Waals surface area (Å²) in [7, 11) is 0. The number of fused-ring (bicyclic) bond motifs is 2. The van der Waals surface area contributed by atoms with Gasteiger partial charge in [-0.25, -0.2) is 9.37 Å². The number of halogens is 2. The minimum Gasteiger partial charge on any atom is -0.348 e. The Bertz CT molecular complexity index is 681. The number of likely N-dealkylation sites (tertiary alicyclic amines) is 1. The van der Waals surface area contributed by atoms with Gasteiger partial charge in [0.05, 0.1) is 10.7 Å². The number of hydrogen-bond acceptors (Lipinski definition) is 4. The fraction of sp³-hybridized carbons (Fsp3) is 0.375. The summed E-state index contributed by atoms with van der Waals surface area (Å²) in [5, 5.41) is 0.336. The smallest absolute Gasteiger partial charge is 0.167 e. The molecule has 0 spiro atoms. The van der Waals surface area contributed by atoms with E-state index in [2.05, 4.69) is 19.8 Å². The van der Waals surface area contributed by atoms with Crippen LogP contribution in [0.25, 0.3) is 0 Å². The van der Waals surface area contributed by atoms with Gasteiger partial charge in [0.1, 0.15) is 0 Å². The van der Waals surface area contributed by atoms with Crippen LogP contribution >= 0.6 is 11.6 Å². The Balaban J connectivity index is 1.48. The SMILES string of the molecule is Fc1cc(Cl)cnc1N1CC2CC1CN2Cc1ccccn1. The Labute approximate surface area is 133 Å². The molecule has 2 saturated heterocycles. The zero-order valence-electron chi connectivity index (χ0n) is 12.0. The summed E-state index contributed by atoms with van der Waals surface area (Å²) < 4.78 is 14.1. The van der Waals surface area contributed by atoms with E-state index in [0.29, 0.717) is 22.9 Å². The van der Waals surface area contributed by atoms with Gasteiger partial charge in [-0.05, 0) is 24.6 Å². The molecule has 2 atom stereocenters. The zero-order valence-corrected chi connectivity index (χ0v) is 12.7. The minimum atomic E-state index is -0.337. The van der Waals surface area contributed by atoms with Crippen molar-refractivity contribution in [2.24, 2.45) is 0 Å². The first kappa shape index (κ1) is 13.9. The molecule has 0 aromatic carbocycles. The van der Waals surface area contributed by atoms with Gasteiger partial charge in [-0.1, -0.05) is 17.7 Å². The highest BCUT2D eigenvalue weighted by Gasteiger charge is 2.44. The molecule has 0 aliphatic carbocycles. The number of hydrogen-bond donors (Lipinski definition) is 0. The van der Waals surface area contributed by atoms with Gasteiger partial charge in [-0.2, -0.15) is 0 Å². The summed E-state index contributed by atoms with van der Waals surface area (Å²) in [4.78, 5) is 13.1. The lowest BCUT2D eigenvalue weighted by atomic mass is 10.2. The van der Waals surface area contributed by atoms with Crippen LogP contribution in [-0.2, 0) is 6.54 Å². The summed E-state index contributed by atoms with van der Waals surface area (Å²) in [6.45, 7) is 2.58. The van der Waals surface area contributed by atoms with E-state index in [-0.39, 0.29) is 5.82 Å². The van der Waals surface area contributed by atoms with Crippen molar-refractivity contribution in [1.82, 2.24) is 14.9 Å². The Kier molecular flexibility index (Phi) is 3.47. The van der Waals surface area contributed by atoms with Crippen molar-refractivity contribution in [2.75, 3.05) is 18.0 Å². The van der Waals surface area contributed by atoms with Gasteiger partial charge >= 0.3 is 0 Å². The zero-order chi connectivity index (χ0) is 15.1. The minimum absolute atomic E-state index is 0.317. The maximum absolute atomic E-state index is 14.1. The molecule has 2 aliphatic heterocycles. The number of rotatable bonds is 3. The van der Waals surface area contributed by atoms with Crippen LogP contribution in [0.5, 0.6) is 0 Å². The standard InChI is InChI=1S/C16H16ClFN4/c17-11-5-15(18)16(20-7-11)22-10-13-6-14(22)9-21(13)8-12-3-1-2-4-19-12/h1-5,7,13-14H,6,8-10H2. The van der Waals surface area contributed by atoms with Crippen LogP contribution < -0.4 is 4.90 Å². The van der Waals surface area contributed by atoms with Gasteiger partial charge in [0.25, 0.3) is 0 Å². The van der Waals surface area contributed by atoms with E-state index >= 15 is 0 Å². The van der Waals surface area contributed by atoms with Crippen LogP contribution in [-0.4, -0.2) is 40.0 Å². The number of pyridine rings is 2. The molecule has 22 heavy (non-hydrogen) atoms. The third-order valence-electron chi connectivity index (χ3n) is 4.51. The quantitative estimate of drug-likeness (QED) is 0.871. The van der Waals surface area contributed by atoms with Gasteiger partial charge in [-0.3, -0.25) is 9.88 Å². The molecular weight excluding hydrogens is 303 g/mol. The van der Waals surface area contributed by atoms with Gasteiger partial charge in [0.15, 0.2) is 11.6 Å². The van der Waals surface area contributed by atoms with E-state index in [4.69, 9.17) is 11.6 Å². The summed E-state index contributed by atoms with van der Waals surface area (Å²) in [5.74, 6) is 0.0886. The lowest BCUT2D eigenvalue weighted by Gasteiger charge is -2.34. The molecule has 4 heterocycles. The second-order valence-electron chi connectivity index (χ2n) is 5.91. The van der Waals surface area contributed by atoms with E-state index in [1.54, 1.807) is 0 Å². The molecule has 6 heteroatoms. The molecule has 0 radical (unpaired) electrons. The van der Waals surface area contributed by atoms with Crippen molar-refractivity contribution in [3.05, 3.63) is 53.2 Å². The molecule has 0 amide bonds. The molecule has 0 N–H and O–H groups in total. The van der Waals surface area contributed by atoms with Crippen LogP contribution in [0, 0.1) is 5.82 Å². The number of piperazine rings is 1. The van der Waals surface area contributed by atoms with Crippen molar-refractivity contribution >= 4 is 17.4 Å². The second kappa shape index (κ2) is 5.48. The molecule has 2 aromatic heterocycles. The topological polar surface area (TPSA) is 32.3 Å². The van der Waals surface area contributed by atoms with Gasteiger partial charge in [-0.15, -0.1) is 0 Å². The molecular formula is C16H16ClFN4. The Morgan fingerprint density at radius 3 is 2.82 bits per heavy atom. The maximum Gasteiger partial charge on any atom is 0.167 e. The molecule has 114 valence electrons. The van der Waals surface area contributed by atoms with Crippen LogP contribution in [0.15, 0.2) is 36.7 Å². The lowest BCUT2D eigenvalue weighted by molar-refractivity contribution is 0.227. The van der Waals surface area contributed by atoms with Gasteiger partial charge in [0, 0.05) is 44.1 Å². The predicted octanol–water partition coefficient (Wildman–Crippen LogP) is 2.73. The highest BCUT2D eigenvalue weighted by molar-refractivity contribution is 6.30. The first-order chi connectivity index (χ1) is 10.7. The third-order valence-corrected chi connectivity index (χ3v) is 4.71. The summed E-state index contributed by atoms with van der Waals surface area (Å²) in [6.07, 6.45) is 4.39. The highest BCUT2D eigenvalue weighted by atomic mass is 35.5. The molecule has 2 aliphatic rings. The molecule has 4 rings (SSSR count). The molecule has 2 fully saturated rings. The van der Waals surface area contributed by atoms with Crippen LogP contribution in [0.4, 0.5) is 10.2 Å². The molecule has 4 nitrogen and oxygen atoms in total. The normalized spacial score (nSPS) is 24.2. The van der Waals surface area contributed by atoms with Gasteiger partial charge in [0.2, 0.25) is 0 Å². The molecule has 0 saturated carbocycles. The Morgan fingerprint density at radius 2 is 2.14 bits per heavy atom. The average Bonchev–Trinajstić information content (AvgIpc) is 3.08. The van der Waals surface area contributed by atoms with Gasteiger partial charge < -0.3 is 4.90 Å². The van der Waals surface area contributed by atoms with E-state index in [1.807, 2.05) is 24.4 Å². The first-order valence-electron chi connectivity index (χ1n) is 7.42. The summed E-state index contributed by atoms with van der Waals surface area (Å²) in [5.41, 5.74) is 1.08. The van der Waals surface area contributed by atoms with Crippen LogP contribution in [0.2, 0.25) is 5.02 Å². The van der Waals surface area contributed by atoms with Crippen molar-refractivity contribution in [1.29, 1.82) is 0 Å².